The number of anilines is 1. The fourth-order valence-electron chi connectivity index (χ4n) is 6.77. The molecule has 0 aliphatic carbocycles. The number of benzene rings is 2. The van der Waals surface area contributed by atoms with Crippen molar-refractivity contribution in [2.45, 2.75) is 50.5 Å². The quantitative estimate of drug-likeness (QED) is 0.371. The van der Waals surface area contributed by atoms with Gasteiger partial charge in [-0.05, 0) is 62.9 Å². The van der Waals surface area contributed by atoms with E-state index in [1.165, 1.54) is 17.0 Å². The Morgan fingerprint density at radius 1 is 0.959 bits per heavy atom. The average molecular weight is 696 g/mol. The normalized spacial score (nSPS) is 18.4. The van der Waals surface area contributed by atoms with Crippen LogP contribution in [0.25, 0.3) is 10.9 Å². The molecule has 5 rings (SSSR count). The van der Waals surface area contributed by atoms with Crippen molar-refractivity contribution in [3.05, 3.63) is 48.0 Å². The predicted octanol–water partition coefficient (Wildman–Crippen LogP) is 3.90. The molecule has 1 saturated heterocycles. The van der Waals surface area contributed by atoms with Crippen molar-refractivity contribution in [3.63, 3.8) is 0 Å². The number of fused-ring (bicyclic) bond motifs is 5. The number of amides is 2. The van der Waals surface area contributed by atoms with Crippen molar-refractivity contribution in [2.75, 3.05) is 77.8 Å². The summed E-state index contributed by atoms with van der Waals surface area (Å²) in [6, 6.07) is 12.2. The Labute approximate surface area is 289 Å². The molecular weight excluding hydrogens is 646 g/mol. The largest absolute Gasteiger partial charge is 0.493 e. The SMILES string of the molecule is CCN1CCCCN(C(=O)CCS(=O)(=O)c2ccccc2)CC(=O)NCC2CCCN(C2)c2nc3cc(OC)c(OC)c(OC)c3cc2C1. The van der Waals surface area contributed by atoms with Gasteiger partial charge >= 0.3 is 0 Å². The summed E-state index contributed by atoms with van der Waals surface area (Å²) in [4.78, 5) is 38.2. The average Bonchev–Trinajstić information content (AvgIpc) is 3.12. The Kier molecular flexibility index (Phi) is 12.2. The number of aromatic nitrogens is 1. The Morgan fingerprint density at radius 2 is 1.71 bits per heavy atom. The van der Waals surface area contributed by atoms with E-state index < -0.39 is 9.84 Å². The van der Waals surface area contributed by atoms with Crippen LogP contribution in [0.3, 0.4) is 0 Å². The summed E-state index contributed by atoms with van der Waals surface area (Å²) >= 11 is 0. The van der Waals surface area contributed by atoms with Gasteiger partial charge in [0.1, 0.15) is 5.82 Å². The second kappa shape index (κ2) is 16.5. The molecule has 0 saturated carbocycles. The van der Waals surface area contributed by atoms with Gasteiger partial charge in [0.2, 0.25) is 17.6 Å². The maximum atomic E-state index is 13.4. The number of methoxy groups -OCH3 is 3. The number of pyridine rings is 1. The number of piperidine rings is 1. The zero-order valence-corrected chi connectivity index (χ0v) is 29.9. The van der Waals surface area contributed by atoms with Crippen LogP contribution in [0.5, 0.6) is 17.2 Å². The van der Waals surface area contributed by atoms with E-state index in [1.54, 1.807) is 39.5 Å². The zero-order chi connectivity index (χ0) is 35.0. The summed E-state index contributed by atoms with van der Waals surface area (Å²) < 4.78 is 42.9. The van der Waals surface area contributed by atoms with Crippen molar-refractivity contribution in [2.24, 2.45) is 5.92 Å². The lowest BCUT2D eigenvalue weighted by Gasteiger charge is -2.36. The molecule has 1 atom stereocenters. The van der Waals surface area contributed by atoms with Gasteiger partial charge in [0.25, 0.3) is 0 Å². The van der Waals surface area contributed by atoms with Crippen LogP contribution < -0.4 is 24.4 Å². The first-order chi connectivity index (χ1) is 23.7. The molecule has 1 aromatic heterocycles. The highest BCUT2D eigenvalue weighted by molar-refractivity contribution is 7.91. The van der Waals surface area contributed by atoms with Gasteiger partial charge in [-0.25, -0.2) is 13.4 Å². The number of nitrogens with one attached hydrogen (secondary N) is 1. The van der Waals surface area contributed by atoms with Gasteiger partial charge in [0.05, 0.1) is 44.0 Å². The highest BCUT2D eigenvalue weighted by atomic mass is 32.2. The lowest BCUT2D eigenvalue weighted by molar-refractivity contribution is -0.135. The van der Waals surface area contributed by atoms with Crippen molar-refractivity contribution in [1.82, 2.24) is 20.1 Å². The molecule has 0 spiro atoms. The number of carbonyl (C=O) groups is 2. The zero-order valence-electron chi connectivity index (χ0n) is 29.1. The lowest BCUT2D eigenvalue weighted by atomic mass is 9.97. The third-order valence-corrected chi connectivity index (χ3v) is 11.2. The van der Waals surface area contributed by atoms with E-state index in [9.17, 15) is 18.0 Å². The number of nitrogens with zero attached hydrogens (tertiary/aromatic N) is 4. The molecule has 2 aromatic carbocycles. The van der Waals surface area contributed by atoms with Crippen molar-refractivity contribution in [1.29, 1.82) is 0 Å². The Bertz CT molecular complexity index is 1720. The van der Waals surface area contributed by atoms with E-state index in [0.717, 1.165) is 67.7 Å². The summed E-state index contributed by atoms with van der Waals surface area (Å²) in [7, 11) is 1.19. The molecule has 13 heteroatoms. The van der Waals surface area contributed by atoms with Gasteiger partial charge in [-0.2, -0.15) is 0 Å². The number of hydrogen-bond donors (Lipinski definition) is 1. The second-order valence-electron chi connectivity index (χ2n) is 12.7. The summed E-state index contributed by atoms with van der Waals surface area (Å²) in [5, 5.41) is 3.90. The minimum atomic E-state index is -3.62. The van der Waals surface area contributed by atoms with Crippen LogP contribution in [0.4, 0.5) is 5.82 Å². The van der Waals surface area contributed by atoms with E-state index in [1.807, 2.05) is 6.07 Å². The van der Waals surface area contributed by atoms with Crippen molar-refractivity contribution in [3.8, 4) is 17.2 Å². The molecule has 12 nitrogen and oxygen atoms in total. The molecule has 1 unspecified atom stereocenters. The van der Waals surface area contributed by atoms with Crippen LogP contribution in [0.1, 0.15) is 44.6 Å². The Morgan fingerprint density at radius 3 is 2.43 bits per heavy atom. The van der Waals surface area contributed by atoms with Gasteiger partial charge in [-0.15, -0.1) is 0 Å². The predicted molar refractivity (Wildman–Crippen MR) is 189 cm³/mol. The fourth-order valence-corrected chi connectivity index (χ4v) is 8.02. The molecule has 2 amide bonds. The van der Waals surface area contributed by atoms with Crippen molar-refractivity contribution < 1.29 is 32.2 Å². The maximum Gasteiger partial charge on any atom is 0.239 e. The molecule has 3 heterocycles. The monoisotopic (exact) mass is 695 g/mol. The summed E-state index contributed by atoms with van der Waals surface area (Å²) in [6.07, 6.45) is 3.19. The fraction of sp³-hybridized carbons (Fsp3) is 0.528. The Hall–Kier alpha value is -4.10. The minimum absolute atomic E-state index is 0.0956. The van der Waals surface area contributed by atoms with E-state index >= 15 is 0 Å². The van der Waals surface area contributed by atoms with Gasteiger partial charge in [0, 0.05) is 56.2 Å². The Balaban J connectivity index is 1.40. The second-order valence-corrected chi connectivity index (χ2v) is 14.8. The minimum Gasteiger partial charge on any atom is -0.493 e. The topological polar surface area (TPSA) is 131 Å². The number of sulfone groups is 1. The number of rotatable bonds is 8. The van der Waals surface area contributed by atoms with Crippen LogP contribution in [0.2, 0.25) is 0 Å². The van der Waals surface area contributed by atoms with Crippen LogP contribution in [0.15, 0.2) is 47.4 Å². The molecule has 49 heavy (non-hydrogen) atoms. The number of ether oxygens (including phenoxy) is 3. The first-order valence-electron chi connectivity index (χ1n) is 17.1. The molecular formula is C36H49N5O7S. The molecule has 1 N–H and O–H groups in total. The van der Waals surface area contributed by atoms with Crippen LogP contribution >= 0.6 is 0 Å². The molecule has 2 aliphatic rings. The standard InChI is InChI=1S/C36H49N5O7S/c1-5-39-16-9-10-17-40(33(43)15-19-49(44,45)28-13-7-6-8-14-28)25-32(42)37-22-26-12-11-18-41(23-26)36-27(24-39)20-29-30(38-36)21-31(46-2)35(48-4)34(29)47-3/h6-8,13-14,20-21,26H,5,9-12,15-19,22-25H2,1-4H3,(H,37,42). The lowest BCUT2D eigenvalue weighted by Crippen LogP contribution is -2.45. The molecule has 266 valence electrons. The first-order valence-corrected chi connectivity index (χ1v) is 18.7. The number of hydrogen-bond acceptors (Lipinski definition) is 10. The van der Waals surface area contributed by atoms with E-state index in [2.05, 4.69) is 28.1 Å². The van der Waals surface area contributed by atoms with Crippen LogP contribution in [0, 0.1) is 5.92 Å². The van der Waals surface area contributed by atoms with E-state index in [-0.39, 0.29) is 41.3 Å². The summed E-state index contributed by atoms with van der Waals surface area (Å²) in [5.74, 6) is 1.88. The van der Waals surface area contributed by atoms with Gasteiger partial charge in [-0.3, -0.25) is 14.5 Å². The van der Waals surface area contributed by atoms with Crippen LogP contribution in [-0.4, -0.2) is 108 Å². The highest BCUT2D eigenvalue weighted by Crippen LogP contribution is 2.44. The highest BCUT2D eigenvalue weighted by Gasteiger charge is 2.28. The molecule has 1 fully saturated rings. The molecule has 0 radical (unpaired) electrons. The molecule has 3 aromatic rings. The van der Waals surface area contributed by atoms with Gasteiger partial charge in [-0.1, -0.05) is 25.1 Å². The molecule has 2 bridgehead atoms. The van der Waals surface area contributed by atoms with Gasteiger partial charge in [0.15, 0.2) is 21.3 Å². The van der Waals surface area contributed by atoms with E-state index in [4.69, 9.17) is 19.2 Å². The van der Waals surface area contributed by atoms with Crippen molar-refractivity contribution >= 4 is 38.4 Å². The number of carbonyl (C=O) groups excluding carboxylic acids is 2. The summed E-state index contributed by atoms with van der Waals surface area (Å²) in [5.41, 5.74) is 1.83. The van der Waals surface area contributed by atoms with Gasteiger partial charge < -0.3 is 29.3 Å². The summed E-state index contributed by atoms with van der Waals surface area (Å²) in [6.45, 7) is 6.71. The van der Waals surface area contributed by atoms with Crippen LogP contribution in [-0.2, 0) is 26.0 Å². The molecule has 2 aliphatic heterocycles. The smallest absolute Gasteiger partial charge is 0.239 e. The third-order valence-electron chi connectivity index (χ3n) is 9.45. The first kappa shape index (κ1) is 36.2. The van der Waals surface area contributed by atoms with E-state index in [0.29, 0.717) is 43.3 Å². The maximum absolute atomic E-state index is 13.4. The third kappa shape index (κ3) is 8.74.